The van der Waals surface area contributed by atoms with Crippen molar-refractivity contribution >= 4 is 18.5 Å². The molecule has 122 valence electrons. The minimum atomic E-state index is 0.0904. The van der Waals surface area contributed by atoms with Gasteiger partial charge in [-0.3, -0.25) is 4.79 Å². The lowest BCUT2D eigenvalue weighted by molar-refractivity contribution is -0.121. The van der Waals surface area contributed by atoms with E-state index in [1.807, 2.05) is 30.3 Å². The monoisotopic (exact) mass is 331 g/mol. The maximum absolute atomic E-state index is 11.6. The molecule has 0 radical (unpaired) electrons. The van der Waals surface area contributed by atoms with Gasteiger partial charge in [0.15, 0.2) is 0 Å². The molecule has 0 atom stereocenters. The van der Waals surface area contributed by atoms with Crippen molar-refractivity contribution in [1.82, 2.24) is 15.5 Å². The first-order valence-corrected chi connectivity index (χ1v) is 8.68. The molecule has 0 unspecified atom stereocenters. The smallest absolute Gasteiger partial charge is 0.247 e. The van der Waals surface area contributed by atoms with E-state index in [0.717, 1.165) is 31.2 Å². The Labute approximate surface area is 141 Å². The predicted molar refractivity (Wildman–Crippen MR) is 91.3 cm³/mol. The van der Waals surface area contributed by atoms with Gasteiger partial charge in [0.1, 0.15) is 0 Å². The SMILES string of the molecule is O=C(CCS)N[C@H]1CC[C@H](c2nnc(-c3ccccc3)o2)CC1. The predicted octanol–water partition coefficient (Wildman–Crippen LogP) is 3.20. The highest BCUT2D eigenvalue weighted by Crippen LogP contribution is 2.33. The molecule has 1 aliphatic rings. The van der Waals surface area contributed by atoms with Gasteiger partial charge in [0.25, 0.3) is 0 Å². The molecule has 3 rings (SSSR count). The highest BCUT2D eigenvalue weighted by Gasteiger charge is 2.27. The number of carbonyl (C=O) groups is 1. The summed E-state index contributed by atoms with van der Waals surface area (Å²) in [5.41, 5.74) is 0.943. The normalized spacial score (nSPS) is 21.1. The number of thiol groups is 1. The first-order valence-electron chi connectivity index (χ1n) is 8.05. The molecular formula is C17H21N3O2S. The van der Waals surface area contributed by atoms with Crippen molar-refractivity contribution < 1.29 is 9.21 Å². The Morgan fingerprint density at radius 1 is 1.17 bits per heavy atom. The standard InChI is InChI=1S/C17H21N3O2S/c21-15(10-11-23)18-14-8-6-13(7-9-14)17-20-19-16(22-17)12-4-2-1-3-5-12/h1-5,13-14,23H,6-11H2,(H,18,21)/t13-,14-. The fraction of sp³-hybridized carbons (Fsp3) is 0.471. The van der Waals surface area contributed by atoms with E-state index < -0.39 is 0 Å². The first kappa shape index (κ1) is 16.1. The fourth-order valence-corrected chi connectivity index (χ4v) is 3.19. The molecule has 0 spiro atoms. The number of hydrogen-bond donors (Lipinski definition) is 2. The Morgan fingerprint density at radius 3 is 2.61 bits per heavy atom. The summed E-state index contributed by atoms with van der Waals surface area (Å²) < 4.78 is 5.84. The van der Waals surface area contributed by atoms with Crippen LogP contribution in [0.1, 0.15) is 43.9 Å². The summed E-state index contributed by atoms with van der Waals surface area (Å²) in [6, 6.07) is 10.1. The van der Waals surface area contributed by atoms with E-state index in [9.17, 15) is 4.79 Å². The Hall–Kier alpha value is -1.82. The average molecular weight is 331 g/mol. The maximum Gasteiger partial charge on any atom is 0.247 e. The lowest BCUT2D eigenvalue weighted by atomic mass is 9.86. The van der Waals surface area contributed by atoms with E-state index in [1.165, 1.54) is 0 Å². The Balaban J connectivity index is 1.56. The number of hydrogen-bond acceptors (Lipinski definition) is 5. The molecule has 0 bridgehead atoms. The van der Waals surface area contributed by atoms with Crippen LogP contribution in [0.2, 0.25) is 0 Å². The Bertz CT molecular complexity index is 636. The third-order valence-corrected chi connectivity index (χ3v) is 4.47. The van der Waals surface area contributed by atoms with Crippen molar-refractivity contribution in [2.75, 3.05) is 5.75 Å². The molecule has 1 amide bonds. The zero-order valence-electron chi connectivity index (χ0n) is 12.9. The summed E-state index contributed by atoms with van der Waals surface area (Å²) in [7, 11) is 0. The largest absolute Gasteiger partial charge is 0.420 e. The van der Waals surface area contributed by atoms with Crippen LogP contribution in [-0.2, 0) is 4.79 Å². The third-order valence-electron chi connectivity index (χ3n) is 4.24. The van der Waals surface area contributed by atoms with Gasteiger partial charge in [-0.2, -0.15) is 12.6 Å². The van der Waals surface area contributed by atoms with E-state index in [1.54, 1.807) is 0 Å². The summed E-state index contributed by atoms with van der Waals surface area (Å²) in [5.74, 6) is 2.25. The highest BCUT2D eigenvalue weighted by atomic mass is 32.1. The molecule has 0 aliphatic heterocycles. The molecule has 23 heavy (non-hydrogen) atoms. The van der Waals surface area contributed by atoms with Crippen LogP contribution in [0.3, 0.4) is 0 Å². The number of nitrogens with one attached hydrogen (secondary N) is 1. The summed E-state index contributed by atoms with van der Waals surface area (Å²) in [6.07, 6.45) is 4.30. The molecule has 1 aromatic carbocycles. The van der Waals surface area contributed by atoms with Crippen LogP contribution in [0.25, 0.3) is 11.5 Å². The van der Waals surface area contributed by atoms with E-state index >= 15 is 0 Å². The van der Waals surface area contributed by atoms with Gasteiger partial charge in [0.2, 0.25) is 17.7 Å². The van der Waals surface area contributed by atoms with Gasteiger partial charge < -0.3 is 9.73 Å². The summed E-state index contributed by atoms with van der Waals surface area (Å²) in [5, 5.41) is 11.4. The molecule has 1 heterocycles. The second kappa shape index (κ2) is 7.64. The lowest BCUT2D eigenvalue weighted by Gasteiger charge is -2.27. The third kappa shape index (κ3) is 4.13. The molecule has 1 fully saturated rings. The van der Waals surface area contributed by atoms with E-state index in [0.29, 0.717) is 24.0 Å². The van der Waals surface area contributed by atoms with Gasteiger partial charge in [-0.05, 0) is 43.6 Å². The van der Waals surface area contributed by atoms with Gasteiger partial charge in [0.05, 0.1) is 0 Å². The number of rotatable bonds is 5. The molecule has 0 saturated heterocycles. The molecular weight excluding hydrogens is 310 g/mol. The van der Waals surface area contributed by atoms with Gasteiger partial charge in [-0.25, -0.2) is 0 Å². The van der Waals surface area contributed by atoms with Gasteiger partial charge in [-0.1, -0.05) is 18.2 Å². The number of carbonyl (C=O) groups excluding carboxylic acids is 1. The molecule has 5 nitrogen and oxygen atoms in total. The van der Waals surface area contributed by atoms with Crippen LogP contribution in [0.15, 0.2) is 34.7 Å². The van der Waals surface area contributed by atoms with Gasteiger partial charge >= 0.3 is 0 Å². The molecule has 2 aromatic rings. The minimum absolute atomic E-state index is 0.0904. The topological polar surface area (TPSA) is 68.0 Å². The number of nitrogens with zero attached hydrogens (tertiary/aromatic N) is 2. The summed E-state index contributed by atoms with van der Waals surface area (Å²) in [4.78, 5) is 11.6. The number of aromatic nitrogens is 2. The minimum Gasteiger partial charge on any atom is -0.420 e. The first-order chi connectivity index (χ1) is 11.3. The number of benzene rings is 1. The Kier molecular flexibility index (Phi) is 5.33. The molecule has 1 aromatic heterocycles. The van der Waals surface area contributed by atoms with Crippen LogP contribution in [-0.4, -0.2) is 27.9 Å². The van der Waals surface area contributed by atoms with E-state index in [2.05, 4.69) is 28.1 Å². The van der Waals surface area contributed by atoms with Crippen LogP contribution >= 0.6 is 12.6 Å². The molecule has 1 aliphatic carbocycles. The zero-order valence-corrected chi connectivity index (χ0v) is 13.8. The van der Waals surface area contributed by atoms with Crippen LogP contribution in [0.5, 0.6) is 0 Å². The second-order valence-electron chi connectivity index (χ2n) is 5.90. The van der Waals surface area contributed by atoms with E-state index in [-0.39, 0.29) is 17.9 Å². The van der Waals surface area contributed by atoms with Crippen molar-refractivity contribution in [3.05, 3.63) is 36.2 Å². The molecule has 1 saturated carbocycles. The van der Waals surface area contributed by atoms with Crippen LogP contribution in [0, 0.1) is 0 Å². The maximum atomic E-state index is 11.6. The molecule has 1 N–H and O–H groups in total. The Morgan fingerprint density at radius 2 is 1.91 bits per heavy atom. The van der Waals surface area contributed by atoms with Crippen molar-refractivity contribution in [3.8, 4) is 11.5 Å². The van der Waals surface area contributed by atoms with Crippen molar-refractivity contribution in [1.29, 1.82) is 0 Å². The molecule has 6 heteroatoms. The average Bonchev–Trinajstić information content (AvgIpc) is 3.07. The second-order valence-corrected chi connectivity index (χ2v) is 6.35. The van der Waals surface area contributed by atoms with Crippen LogP contribution in [0.4, 0.5) is 0 Å². The lowest BCUT2D eigenvalue weighted by Crippen LogP contribution is -2.37. The van der Waals surface area contributed by atoms with Crippen molar-refractivity contribution in [3.63, 3.8) is 0 Å². The van der Waals surface area contributed by atoms with Crippen molar-refractivity contribution in [2.45, 2.75) is 44.1 Å². The zero-order chi connectivity index (χ0) is 16.1. The fourth-order valence-electron chi connectivity index (χ4n) is 2.98. The van der Waals surface area contributed by atoms with Crippen LogP contribution < -0.4 is 5.32 Å². The quantitative estimate of drug-likeness (QED) is 0.826. The summed E-state index contributed by atoms with van der Waals surface area (Å²) >= 11 is 4.08. The van der Waals surface area contributed by atoms with E-state index in [4.69, 9.17) is 4.42 Å². The van der Waals surface area contributed by atoms with Gasteiger partial charge in [-0.15, -0.1) is 10.2 Å². The van der Waals surface area contributed by atoms with Crippen molar-refractivity contribution in [2.24, 2.45) is 0 Å². The van der Waals surface area contributed by atoms with Gasteiger partial charge in [0, 0.05) is 23.9 Å². The highest BCUT2D eigenvalue weighted by molar-refractivity contribution is 7.80. The summed E-state index contributed by atoms with van der Waals surface area (Å²) in [6.45, 7) is 0. The number of amides is 1.